The first kappa shape index (κ1) is 13.2. The van der Waals surface area contributed by atoms with Crippen LogP contribution in [0.2, 0.25) is 0 Å². The zero-order valence-electron chi connectivity index (χ0n) is 12.0. The predicted molar refractivity (Wildman–Crippen MR) is 81.7 cm³/mol. The second-order valence-electron chi connectivity index (χ2n) is 5.93. The van der Waals surface area contributed by atoms with E-state index >= 15 is 0 Å². The number of amides is 1. The van der Waals surface area contributed by atoms with Crippen LogP contribution in [0.3, 0.4) is 0 Å². The molecule has 0 fully saturated rings. The van der Waals surface area contributed by atoms with E-state index in [-0.39, 0.29) is 11.8 Å². The molecule has 0 bridgehead atoms. The molecule has 0 saturated heterocycles. The normalized spacial score (nSPS) is 29.1. The van der Waals surface area contributed by atoms with Crippen molar-refractivity contribution >= 4 is 11.6 Å². The van der Waals surface area contributed by atoms with E-state index in [9.17, 15) is 4.79 Å². The van der Waals surface area contributed by atoms with Gasteiger partial charge in [0.25, 0.3) is 0 Å². The quantitative estimate of drug-likeness (QED) is 0.840. The first-order chi connectivity index (χ1) is 9.68. The van der Waals surface area contributed by atoms with Gasteiger partial charge in [-0.3, -0.25) is 4.79 Å². The van der Waals surface area contributed by atoms with Crippen LogP contribution in [0.1, 0.15) is 44.1 Å². The highest BCUT2D eigenvalue weighted by molar-refractivity contribution is 5.85. The van der Waals surface area contributed by atoms with Crippen molar-refractivity contribution in [3.8, 4) is 0 Å². The van der Waals surface area contributed by atoms with Crippen molar-refractivity contribution in [1.29, 1.82) is 0 Å². The van der Waals surface area contributed by atoms with Gasteiger partial charge < -0.3 is 10.6 Å². The third-order valence-corrected chi connectivity index (χ3v) is 4.57. The number of nitrogens with two attached hydrogens (primary N) is 1. The van der Waals surface area contributed by atoms with Gasteiger partial charge in [-0.2, -0.15) is 0 Å². The largest absolute Gasteiger partial charge is 0.369 e. The summed E-state index contributed by atoms with van der Waals surface area (Å²) in [5.41, 5.74) is 7.88. The number of rotatable bonds is 2. The minimum absolute atomic E-state index is 0.148. The number of para-hydroxylation sites is 1. The maximum Gasteiger partial charge on any atom is 0.225 e. The van der Waals surface area contributed by atoms with Gasteiger partial charge in [-0.1, -0.05) is 30.4 Å². The topological polar surface area (TPSA) is 46.3 Å². The van der Waals surface area contributed by atoms with Gasteiger partial charge >= 0.3 is 0 Å². The molecule has 2 aliphatic rings. The number of hydrogen-bond acceptors (Lipinski definition) is 2. The summed E-state index contributed by atoms with van der Waals surface area (Å²) in [4.78, 5) is 14.2. The molecule has 3 rings (SSSR count). The summed E-state index contributed by atoms with van der Waals surface area (Å²) in [5.74, 6) is -0.354. The van der Waals surface area contributed by atoms with Gasteiger partial charge in [0.2, 0.25) is 5.91 Å². The molecule has 1 aromatic carbocycles. The Labute approximate surface area is 120 Å². The molecule has 3 atom stereocenters. The number of carbonyl (C=O) groups excluding carboxylic acids is 1. The fourth-order valence-corrected chi connectivity index (χ4v) is 3.64. The molecule has 0 saturated carbocycles. The lowest BCUT2D eigenvalue weighted by Crippen LogP contribution is -2.47. The minimum Gasteiger partial charge on any atom is -0.369 e. The molecule has 1 heterocycles. The Morgan fingerprint density at radius 3 is 2.85 bits per heavy atom. The van der Waals surface area contributed by atoms with E-state index in [1.54, 1.807) is 0 Å². The summed E-state index contributed by atoms with van der Waals surface area (Å²) in [7, 11) is 0. The number of nitrogens with zero attached hydrogens (tertiary/aromatic N) is 1. The lowest BCUT2D eigenvalue weighted by atomic mass is 9.83. The fourth-order valence-electron chi connectivity index (χ4n) is 3.64. The fraction of sp³-hybridized carbons (Fsp3) is 0.471. The molecule has 1 amide bonds. The smallest absolute Gasteiger partial charge is 0.225 e. The molecule has 0 radical (unpaired) electrons. The van der Waals surface area contributed by atoms with Crippen LogP contribution < -0.4 is 10.6 Å². The molecular weight excluding hydrogens is 248 g/mol. The van der Waals surface area contributed by atoms with Gasteiger partial charge in [-0.25, -0.2) is 0 Å². The van der Waals surface area contributed by atoms with Gasteiger partial charge in [0.15, 0.2) is 0 Å². The van der Waals surface area contributed by atoms with Crippen LogP contribution in [0.15, 0.2) is 36.4 Å². The first-order valence-corrected chi connectivity index (χ1v) is 7.51. The molecule has 106 valence electrons. The number of allylic oxidation sites excluding steroid dienone is 1. The van der Waals surface area contributed by atoms with Crippen LogP contribution >= 0.6 is 0 Å². The van der Waals surface area contributed by atoms with Crippen LogP contribution in [0, 0.1) is 0 Å². The Balaban J connectivity index is 2.02. The standard InChI is InChI=1S/C17H22N2O/c1-12-11-15(17(18)20)14-9-5-6-10-16(14)19(12)13-7-3-2-4-8-13/h3,5-7,9-10,12-13,15H,2,4,8,11H2,1H3,(H2,18,20)/t12-,13+,15+/m1/s1. The Hall–Kier alpha value is -1.77. The van der Waals surface area contributed by atoms with E-state index in [4.69, 9.17) is 5.73 Å². The number of fused-ring (bicyclic) bond motifs is 1. The highest BCUT2D eigenvalue weighted by atomic mass is 16.1. The van der Waals surface area contributed by atoms with Crippen LogP contribution in [0.25, 0.3) is 0 Å². The van der Waals surface area contributed by atoms with E-state index in [0.717, 1.165) is 12.0 Å². The number of hydrogen-bond donors (Lipinski definition) is 1. The molecule has 20 heavy (non-hydrogen) atoms. The molecule has 1 aliphatic heterocycles. The Morgan fingerprint density at radius 2 is 2.15 bits per heavy atom. The maximum absolute atomic E-state index is 11.7. The van der Waals surface area contributed by atoms with E-state index in [0.29, 0.717) is 12.1 Å². The number of carbonyl (C=O) groups is 1. The zero-order chi connectivity index (χ0) is 14.1. The van der Waals surface area contributed by atoms with Crippen molar-refractivity contribution in [2.24, 2.45) is 5.73 Å². The second kappa shape index (κ2) is 5.31. The highest BCUT2D eigenvalue weighted by Crippen LogP contribution is 2.40. The van der Waals surface area contributed by atoms with Gasteiger partial charge in [0.1, 0.15) is 0 Å². The van der Waals surface area contributed by atoms with Crippen molar-refractivity contribution in [2.75, 3.05) is 4.90 Å². The van der Waals surface area contributed by atoms with Gasteiger partial charge in [-0.15, -0.1) is 0 Å². The Kier molecular flexibility index (Phi) is 3.51. The van der Waals surface area contributed by atoms with Crippen LogP contribution in [0.5, 0.6) is 0 Å². The average molecular weight is 270 g/mol. The molecule has 3 heteroatoms. The summed E-state index contributed by atoms with van der Waals surface area (Å²) in [6, 6.07) is 9.03. The summed E-state index contributed by atoms with van der Waals surface area (Å²) >= 11 is 0. The summed E-state index contributed by atoms with van der Waals surface area (Å²) < 4.78 is 0. The van der Waals surface area contributed by atoms with Gasteiger partial charge in [0.05, 0.1) is 5.92 Å². The monoisotopic (exact) mass is 270 g/mol. The molecule has 0 unspecified atom stereocenters. The summed E-state index contributed by atoms with van der Waals surface area (Å²) in [6.45, 7) is 2.20. The van der Waals surface area contributed by atoms with Gasteiger partial charge in [-0.05, 0) is 44.2 Å². The molecule has 1 aliphatic carbocycles. The molecule has 2 N–H and O–H groups in total. The molecule has 0 spiro atoms. The Bertz CT molecular complexity index is 538. The lowest BCUT2D eigenvalue weighted by Gasteiger charge is -2.44. The van der Waals surface area contributed by atoms with Crippen LogP contribution in [0.4, 0.5) is 5.69 Å². The van der Waals surface area contributed by atoms with E-state index < -0.39 is 0 Å². The predicted octanol–water partition coefficient (Wildman–Crippen LogP) is 2.96. The van der Waals surface area contributed by atoms with E-state index in [2.05, 4.69) is 42.2 Å². The average Bonchev–Trinajstić information content (AvgIpc) is 2.47. The Morgan fingerprint density at radius 1 is 1.35 bits per heavy atom. The van der Waals surface area contributed by atoms with Crippen molar-refractivity contribution in [2.45, 2.75) is 50.6 Å². The van der Waals surface area contributed by atoms with Crippen molar-refractivity contribution < 1.29 is 4.79 Å². The third kappa shape index (κ3) is 2.21. The number of benzene rings is 1. The zero-order valence-corrected chi connectivity index (χ0v) is 12.0. The van der Waals surface area contributed by atoms with E-state index in [1.807, 2.05) is 6.07 Å². The highest BCUT2D eigenvalue weighted by Gasteiger charge is 2.35. The molecular formula is C17H22N2O. The minimum atomic E-state index is -0.205. The number of primary amides is 1. The molecule has 1 aromatic rings. The molecule has 3 nitrogen and oxygen atoms in total. The van der Waals surface area contributed by atoms with Crippen molar-refractivity contribution in [3.05, 3.63) is 42.0 Å². The molecule has 0 aromatic heterocycles. The second-order valence-corrected chi connectivity index (χ2v) is 5.93. The summed E-state index contributed by atoms with van der Waals surface area (Å²) in [5, 5.41) is 0. The lowest BCUT2D eigenvalue weighted by molar-refractivity contribution is -0.119. The first-order valence-electron chi connectivity index (χ1n) is 7.51. The van der Waals surface area contributed by atoms with Crippen LogP contribution in [-0.4, -0.2) is 18.0 Å². The van der Waals surface area contributed by atoms with Gasteiger partial charge in [0, 0.05) is 17.8 Å². The maximum atomic E-state index is 11.7. The van der Waals surface area contributed by atoms with Crippen molar-refractivity contribution in [1.82, 2.24) is 0 Å². The SMILES string of the molecule is C[C@@H]1C[C@H](C(N)=O)c2ccccc2N1[C@H]1C=CCCC1. The van der Waals surface area contributed by atoms with Crippen molar-refractivity contribution in [3.63, 3.8) is 0 Å². The summed E-state index contributed by atoms with van der Waals surface area (Å²) in [6.07, 6.45) is 9.04. The van der Waals surface area contributed by atoms with E-state index in [1.165, 1.54) is 24.9 Å². The number of anilines is 1. The third-order valence-electron chi connectivity index (χ3n) is 4.57. The van der Waals surface area contributed by atoms with Crippen LogP contribution in [-0.2, 0) is 4.79 Å².